The van der Waals surface area contributed by atoms with Crippen LogP contribution in [-0.2, 0) is 9.53 Å². The molecule has 0 radical (unpaired) electrons. The van der Waals surface area contributed by atoms with E-state index < -0.39 is 0 Å². The van der Waals surface area contributed by atoms with Gasteiger partial charge in [-0.3, -0.25) is 9.69 Å². The zero-order valence-corrected chi connectivity index (χ0v) is 12.8. The Bertz CT molecular complexity index is 354. The molecule has 0 aliphatic carbocycles. The third-order valence-corrected chi connectivity index (χ3v) is 5.53. The van der Waals surface area contributed by atoms with Crippen LogP contribution in [0.15, 0.2) is 0 Å². The standard InChI is InChI=1S/C16H28N2O2/c1-2-20-15(19)13-16(18-9-3-4-10-18)7-11-17-8-5-6-14(17)12-16/h14H,2-13H2,1H3. The van der Waals surface area contributed by atoms with Gasteiger partial charge in [-0.25, -0.2) is 0 Å². The van der Waals surface area contributed by atoms with Crippen LogP contribution in [0.4, 0.5) is 0 Å². The molecular formula is C16H28N2O2. The lowest BCUT2D eigenvalue weighted by Crippen LogP contribution is -2.57. The number of likely N-dealkylation sites (tertiary alicyclic amines) is 1. The van der Waals surface area contributed by atoms with Gasteiger partial charge in [0.25, 0.3) is 0 Å². The van der Waals surface area contributed by atoms with Crippen LogP contribution in [0.5, 0.6) is 0 Å². The zero-order chi connectivity index (χ0) is 14.0. The number of hydrogen-bond donors (Lipinski definition) is 0. The molecule has 0 saturated carbocycles. The van der Waals surface area contributed by atoms with Gasteiger partial charge in [-0.15, -0.1) is 0 Å². The van der Waals surface area contributed by atoms with E-state index in [1.54, 1.807) is 0 Å². The van der Waals surface area contributed by atoms with Crippen LogP contribution in [0.2, 0.25) is 0 Å². The van der Waals surface area contributed by atoms with Crippen molar-refractivity contribution in [3.05, 3.63) is 0 Å². The van der Waals surface area contributed by atoms with Crippen LogP contribution in [0.3, 0.4) is 0 Å². The lowest BCUT2D eigenvalue weighted by atomic mass is 9.79. The number of rotatable bonds is 4. The molecule has 2 atom stereocenters. The fourth-order valence-corrected chi connectivity index (χ4v) is 4.54. The summed E-state index contributed by atoms with van der Waals surface area (Å²) in [7, 11) is 0. The summed E-state index contributed by atoms with van der Waals surface area (Å²) in [6.45, 7) is 7.18. The summed E-state index contributed by atoms with van der Waals surface area (Å²) in [5.74, 6) is 0.00541. The fraction of sp³-hybridized carbons (Fsp3) is 0.938. The van der Waals surface area contributed by atoms with Crippen molar-refractivity contribution < 1.29 is 9.53 Å². The molecule has 0 spiro atoms. The number of esters is 1. The van der Waals surface area contributed by atoms with Crippen LogP contribution in [-0.4, -0.2) is 60.1 Å². The molecule has 0 N–H and O–H groups in total. The quantitative estimate of drug-likeness (QED) is 0.738. The van der Waals surface area contributed by atoms with Crippen molar-refractivity contribution in [2.75, 3.05) is 32.8 Å². The van der Waals surface area contributed by atoms with Gasteiger partial charge in [0.1, 0.15) is 0 Å². The minimum absolute atomic E-state index is 0.00541. The van der Waals surface area contributed by atoms with Crippen molar-refractivity contribution in [2.24, 2.45) is 0 Å². The van der Waals surface area contributed by atoms with E-state index in [4.69, 9.17) is 4.74 Å². The van der Waals surface area contributed by atoms with Crippen molar-refractivity contribution in [3.8, 4) is 0 Å². The van der Waals surface area contributed by atoms with E-state index in [1.165, 1.54) is 58.3 Å². The third-order valence-electron chi connectivity index (χ3n) is 5.53. The summed E-state index contributed by atoms with van der Waals surface area (Å²) in [6.07, 6.45) is 8.15. The molecule has 4 nitrogen and oxygen atoms in total. The van der Waals surface area contributed by atoms with Crippen molar-refractivity contribution in [1.82, 2.24) is 9.80 Å². The summed E-state index contributed by atoms with van der Waals surface area (Å²) in [5.41, 5.74) is 0.0915. The van der Waals surface area contributed by atoms with Crippen molar-refractivity contribution in [3.63, 3.8) is 0 Å². The molecule has 0 bridgehead atoms. The Balaban J connectivity index is 1.74. The molecule has 114 valence electrons. The van der Waals surface area contributed by atoms with Gasteiger partial charge in [0, 0.05) is 18.1 Å². The zero-order valence-electron chi connectivity index (χ0n) is 12.8. The summed E-state index contributed by atoms with van der Waals surface area (Å²) < 4.78 is 5.26. The highest BCUT2D eigenvalue weighted by Gasteiger charge is 2.47. The number of carbonyl (C=O) groups is 1. The Morgan fingerprint density at radius 1 is 1.20 bits per heavy atom. The van der Waals surface area contributed by atoms with E-state index in [-0.39, 0.29) is 11.5 Å². The van der Waals surface area contributed by atoms with Crippen LogP contribution in [0.1, 0.15) is 51.9 Å². The molecule has 3 heterocycles. The van der Waals surface area contributed by atoms with Crippen LogP contribution in [0, 0.1) is 0 Å². The maximum atomic E-state index is 12.1. The average Bonchev–Trinajstić information content (AvgIpc) is 3.09. The molecule has 3 rings (SSSR count). The minimum Gasteiger partial charge on any atom is -0.466 e. The summed E-state index contributed by atoms with van der Waals surface area (Å²) >= 11 is 0. The largest absolute Gasteiger partial charge is 0.466 e. The maximum Gasteiger partial charge on any atom is 0.307 e. The van der Waals surface area contributed by atoms with Gasteiger partial charge < -0.3 is 9.64 Å². The molecule has 20 heavy (non-hydrogen) atoms. The molecule has 0 aromatic carbocycles. The van der Waals surface area contributed by atoms with E-state index in [1.807, 2.05) is 6.92 Å². The van der Waals surface area contributed by atoms with Gasteiger partial charge in [0.05, 0.1) is 13.0 Å². The Kier molecular flexibility index (Phi) is 4.32. The maximum absolute atomic E-state index is 12.1. The molecule has 4 heteroatoms. The molecule has 3 saturated heterocycles. The Hall–Kier alpha value is -0.610. The predicted octanol–water partition coefficient (Wildman–Crippen LogP) is 2.03. The Labute approximate surface area is 122 Å². The van der Waals surface area contributed by atoms with E-state index in [9.17, 15) is 4.79 Å². The van der Waals surface area contributed by atoms with Crippen LogP contribution in [0.25, 0.3) is 0 Å². The summed E-state index contributed by atoms with van der Waals surface area (Å²) in [5, 5.41) is 0. The second-order valence-corrected chi connectivity index (χ2v) is 6.69. The first-order valence-corrected chi connectivity index (χ1v) is 8.38. The molecule has 0 amide bonds. The normalized spacial score (nSPS) is 35.1. The molecule has 3 aliphatic rings. The van der Waals surface area contributed by atoms with Gasteiger partial charge >= 0.3 is 5.97 Å². The van der Waals surface area contributed by atoms with Crippen LogP contribution < -0.4 is 0 Å². The smallest absolute Gasteiger partial charge is 0.307 e. The number of fused-ring (bicyclic) bond motifs is 1. The van der Waals surface area contributed by atoms with Gasteiger partial charge in [-0.2, -0.15) is 0 Å². The van der Waals surface area contributed by atoms with Gasteiger partial charge in [0.2, 0.25) is 0 Å². The highest BCUT2D eigenvalue weighted by molar-refractivity contribution is 5.71. The summed E-state index contributed by atoms with van der Waals surface area (Å²) in [4.78, 5) is 17.4. The Morgan fingerprint density at radius 2 is 2.00 bits per heavy atom. The topological polar surface area (TPSA) is 32.8 Å². The lowest BCUT2D eigenvalue weighted by molar-refractivity contribution is -0.148. The van der Waals surface area contributed by atoms with Crippen LogP contribution >= 0.6 is 0 Å². The Morgan fingerprint density at radius 3 is 2.75 bits per heavy atom. The first-order valence-electron chi connectivity index (χ1n) is 8.38. The number of piperidine rings is 1. The minimum atomic E-state index is 0.00541. The van der Waals surface area contributed by atoms with Crippen molar-refractivity contribution in [1.29, 1.82) is 0 Å². The molecule has 3 aliphatic heterocycles. The second-order valence-electron chi connectivity index (χ2n) is 6.69. The predicted molar refractivity (Wildman–Crippen MR) is 78.6 cm³/mol. The van der Waals surface area contributed by atoms with Crippen molar-refractivity contribution >= 4 is 5.97 Å². The first kappa shape index (κ1) is 14.3. The number of carbonyl (C=O) groups excluding carboxylic acids is 1. The fourth-order valence-electron chi connectivity index (χ4n) is 4.54. The van der Waals surface area contributed by atoms with Gasteiger partial charge in [-0.05, 0) is 65.1 Å². The highest BCUT2D eigenvalue weighted by atomic mass is 16.5. The van der Waals surface area contributed by atoms with E-state index in [0.717, 1.165) is 6.42 Å². The molecule has 3 fully saturated rings. The SMILES string of the molecule is CCOC(=O)CC1(N2CCCC2)CCN2CCCC2C1. The van der Waals surface area contributed by atoms with E-state index >= 15 is 0 Å². The summed E-state index contributed by atoms with van der Waals surface area (Å²) in [6, 6.07) is 0.707. The average molecular weight is 280 g/mol. The highest BCUT2D eigenvalue weighted by Crippen LogP contribution is 2.40. The molecule has 0 aromatic rings. The number of hydrogen-bond acceptors (Lipinski definition) is 4. The monoisotopic (exact) mass is 280 g/mol. The van der Waals surface area contributed by atoms with Gasteiger partial charge in [0.15, 0.2) is 0 Å². The first-order chi connectivity index (χ1) is 9.73. The van der Waals surface area contributed by atoms with Crippen molar-refractivity contribution in [2.45, 2.75) is 63.5 Å². The third kappa shape index (κ3) is 2.73. The van der Waals surface area contributed by atoms with E-state index in [2.05, 4.69) is 9.80 Å². The van der Waals surface area contributed by atoms with Gasteiger partial charge in [-0.1, -0.05) is 0 Å². The molecule has 2 unspecified atom stereocenters. The number of ether oxygens (including phenoxy) is 1. The van der Waals surface area contributed by atoms with E-state index in [0.29, 0.717) is 19.1 Å². The molecular weight excluding hydrogens is 252 g/mol. The lowest BCUT2D eigenvalue weighted by Gasteiger charge is -2.49. The second kappa shape index (κ2) is 6.02. The number of nitrogens with zero attached hydrogens (tertiary/aromatic N) is 2. The molecule has 0 aromatic heterocycles.